The lowest BCUT2D eigenvalue weighted by Crippen LogP contribution is -2.42. The van der Waals surface area contributed by atoms with Crippen molar-refractivity contribution in [3.05, 3.63) is 39.7 Å². The Hall–Kier alpha value is -2.83. The Balaban J connectivity index is 1.68. The minimum absolute atomic E-state index is 0.308. The van der Waals surface area contributed by atoms with Crippen molar-refractivity contribution in [2.45, 2.75) is 57.9 Å². The number of carboxylic acid groups (broad SMARTS) is 1. The van der Waals surface area contributed by atoms with Crippen molar-refractivity contribution in [2.24, 2.45) is 0 Å². The first-order valence-electron chi connectivity index (χ1n) is 9.73. The lowest BCUT2D eigenvalue weighted by atomic mass is 9.91. The summed E-state index contributed by atoms with van der Waals surface area (Å²) in [5.41, 5.74) is 1.94. The van der Waals surface area contributed by atoms with E-state index in [0.29, 0.717) is 24.2 Å². The van der Waals surface area contributed by atoms with E-state index in [2.05, 4.69) is 5.32 Å². The van der Waals surface area contributed by atoms with Crippen LogP contribution in [0.5, 0.6) is 5.75 Å². The summed E-state index contributed by atoms with van der Waals surface area (Å²) < 4.78 is 10.9. The number of carboxylic acids is 1. The molecule has 150 valence electrons. The number of unbranched alkanes of at least 4 members (excludes halogenated alkanes) is 1. The van der Waals surface area contributed by atoms with Crippen molar-refractivity contribution in [3.8, 4) is 5.75 Å². The topological polar surface area (TPSA) is 106 Å². The van der Waals surface area contributed by atoms with Crippen LogP contribution in [0.1, 0.15) is 50.2 Å². The molecule has 3 rings (SSSR count). The maximum atomic E-state index is 12.2. The molecule has 2 N–H and O–H groups in total. The van der Waals surface area contributed by atoms with Crippen LogP contribution in [0.25, 0.3) is 11.0 Å². The van der Waals surface area contributed by atoms with Crippen LogP contribution in [-0.4, -0.2) is 29.6 Å². The standard InChI is InChI=1S/C21H25NO6/c1-2-3-8-17(20(24)25)22-19(23)12-27-13-9-10-15-14-6-4-5-7-16(14)21(26)28-18(15)11-13/h9-11,17H,2-8,12H2,1H3,(H,22,23)(H,24,25)/t17-/m1/s1. The zero-order chi connectivity index (χ0) is 20.1. The van der Waals surface area contributed by atoms with Crippen LogP contribution in [0.15, 0.2) is 27.4 Å². The molecule has 28 heavy (non-hydrogen) atoms. The zero-order valence-corrected chi connectivity index (χ0v) is 16.0. The third-order valence-corrected chi connectivity index (χ3v) is 5.04. The molecule has 0 spiro atoms. The van der Waals surface area contributed by atoms with E-state index in [9.17, 15) is 19.5 Å². The highest BCUT2D eigenvalue weighted by atomic mass is 16.5. The van der Waals surface area contributed by atoms with Gasteiger partial charge in [0.25, 0.3) is 5.91 Å². The van der Waals surface area contributed by atoms with Gasteiger partial charge in [0.2, 0.25) is 0 Å². The summed E-state index contributed by atoms with van der Waals surface area (Å²) in [6.07, 6.45) is 5.59. The number of hydrogen-bond acceptors (Lipinski definition) is 5. The predicted octanol–water partition coefficient (Wildman–Crippen LogP) is 2.81. The van der Waals surface area contributed by atoms with Crippen LogP contribution in [0.3, 0.4) is 0 Å². The Labute approximate surface area is 162 Å². The predicted molar refractivity (Wildman–Crippen MR) is 104 cm³/mol. The number of amides is 1. The van der Waals surface area contributed by atoms with Crippen molar-refractivity contribution in [1.82, 2.24) is 5.32 Å². The van der Waals surface area contributed by atoms with Crippen LogP contribution < -0.4 is 15.7 Å². The van der Waals surface area contributed by atoms with E-state index in [1.54, 1.807) is 12.1 Å². The van der Waals surface area contributed by atoms with E-state index in [0.717, 1.165) is 48.6 Å². The molecule has 1 amide bonds. The fourth-order valence-electron chi connectivity index (χ4n) is 3.57. The Kier molecular flexibility index (Phi) is 6.34. The Bertz CT molecular complexity index is 932. The van der Waals surface area contributed by atoms with Gasteiger partial charge in [-0.2, -0.15) is 0 Å². The number of nitrogens with one attached hydrogen (secondary N) is 1. The van der Waals surface area contributed by atoms with Crippen LogP contribution in [0.2, 0.25) is 0 Å². The molecule has 1 aromatic carbocycles. The Morgan fingerprint density at radius 3 is 2.71 bits per heavy atom. The average Bonchev–Trinajstić information content (AvgIpc) is 2.69. The molecule has 0 fully saturated rings. The summed E-state index contributed by atoms with van der Waals surface area (Å²) in [7, 11) is 0. The van der Waals surface area contributed by atoms with Gasteiger partial charge in [0, 0.05) is 17.0 Å². The molecule has 0 radical (unpaired) electrons. The highest BCUT2D eigenvalue weighted by molar-refractivity contribution is 5.85. The van der Waals surface area contributed by atoms with Crippen molar-refractivity contribution in [1.29, 1.82) is 0 Å². The van der Waals surface area contributed by atoms with E-state index < -0.39 is 17.9 Å². The summed E-state index contributed by atoms with van der Waals surface area (Å²) in [5.74, 6) is -1.17. The number of carbonyl (C=O) groups excluding carboxylic acids is 1. The van der Waals surface area contributed by atoms with Gasteiger partial charge in [-0.15, -0.1) is 0 Å². The van der Waals surface area contributed by atoms with Crippen molar-refractivity contribution >= 4 is 22.8 Å². The Morgan fingerprint density at radius 1 is 1.25 bits per heavy atom. The van der Waals surface area contributed by atoms with Crippen molar-refractivity contribution in [3.63, 3.8) is 0 Å². The summed E-state index contributed by atoms with van der Waals surface area (Å²) in [5, 5.41) is 12.5. The molecule has 0 bridgehead atoms. The van der Waals surface area contributed by atoms with Crippen LogP contribution >= 0.6 is 0 Å². The second kappa shape index (κ2) is 8.91. The first kappa shape index (κ1) is 19.9. The molecule has 1 atom stereocenters. The van der Waals surface area contributed by atoms with E-state index >= 15 is 0 Å². The number of aliphatic carboxylic acids is 1. The van der Waals surface area contributed by atoms with Gasteiger partial charge in [-0.3, -0.25) is 4.79 Å². The maximum absolute atomic E-state index is 12.2. The summed E-state index contributed by atoms with van der Waals surface area (Å²) in [4.78, 5) is 35.4. The lowest BCUT2D eigenvalue weighted by molar-refractivity contribution is -0.142. The van der Waals surface area contributed by atoms with E-state index in [1.807, 2.05) is 13.0 Å². The van der Waals surface area contributed by atoms with Gasteiger partial charge in [0.1, 0.15) is 17.4 Å². The minimum Gasteiger partial charge on any atom is -0.484 e. The molecule has 1 aliphatic carbocycles. The largest absolute Gasteiger partial charge is 0.484 e. The molecule has 0 saturated heterocycles. The van der Waals surface area contributed by atoms with Crippen LogP contribution in [0.4, 0.5) is 0 Å². The fraction of sp³-hybridized carbons (Fsp3) is 0.476. The SMILES string of the molecule is CCCC[C@@H](NC(=O)COc1ccc2c3c(c(=O)oc2c1)CCCC3)C(=O)O. The van der Waals surface area contributed by atoms with Crippen molar-refractivity contribution < 1.29 is 23.8 Å². The van der Waals surface area contributed by atoms with Gasteiger partial charge < -0.3 is 19.6 Å². The van der Waals surface area contributed by atoms with Gasteiger partial charge in [-0.25, -0.2) is 9.59 Å². The fourth-order valence-corrected chi connectivity index (χ4v) is 3.57. The van der Waals surface area contributed by atoms with Gasteiger partial charge in [-0.1, -0.05) is 19.8 Å². The zero-order valence-electron chi connectivity index (χ0n) is 16.0. The maximum Gasteiger partial charge on any atom is 0.339 e. The first-order chi connectivity index (χ1) is 13.5. The van der Waals surface area contributed by atoms with Gasteiger partial charge in [0.05, 0.1) is 0 Å². The first-order valence-corrected chi connectivity index (χ1v) is 9.73. The van der Waals surface area contributed by atoms with Crippen LogP contribution in [-0.2, 0) is 22.4 Å². The highest BCUT2D eigenvalue weighted by Gasteiger charge is 2.20. The second-order valence-electron chi connectivity index (χ2n) is 7.10. The van der Waals surface area contributed by atoms with Crippen LogP contribution in [0, 0.1) is 0 Å². The minimum atomic E-state index is -1.06. The average molecular weight is 387 g/mol. The van der Waals surface area contributed by atoms with E-state index in [1.165, 1.54) is 0 Å². The number of hydrogen-bond donors (Lipinski definition) is 2. The summed E-state index contributed by atoms with van der Waals surface area (Å²) in [6.45, 7) is 1.65. The molecule has 1 heterocycles. The van der Waals surface area contributed by atoms with Gasteiger partial charge in [0.15, 0.2) is 6.61 Å². The monoisotopic (exact) mass is 387 g/mol. The quantitative estimate of drug-likeness (QED) is 0.675. The van der Waals surface area contributed by atoms with E-state index in [4.69, 9.17) is 9.15 Å². The number of carbonyl (C=O) groups is 2. The third-order valence-electron chi connectivity index (χ3n) is 5.04. The van der Waals surface area contributed by atoms with E-state index in [-0.39, 0.29) is 12.2 Å². The number of rotatable bonds is 8. The molecule has 0 saturated carbocycles. The second-order valence-corrected chi connectivity index (χ2v) is 7.10. The molecular weight excluding hydrogens is 362 g/mol. The number of aryl methyl sites for hydroxylation is 1. The molecule has 0 unspecified atom stereocenters. The number of ether oxygens (including phenoxy) is 1. The molecule has 0 aliphatic heterocycles. The smallest absolute Gasteiger partial charge is 0.339 e. The molecule has 7 heteroatoms. The molecular formula is C21H25NO6. The lowest BCUT2D eigenvalue weighted by Gasteiger charge is -2.17. The number of fused-ring (bicyclic) bond motifs is 3. The molecule has 7 nitrogen and oxygen atoms in total. The summed E-state index contributed by atoms with van der Waals surface area (Å²) >= 11 is 0. The number of benzene rings is 1. The van der Waals surface area contributed by atoms with Crippen molar-refractivity contribution in [2.75, 3.05) is 6.61 Å². The molecule has 1 aliphatic rings. The normalized spacial score (nSPS) is 14.3. The Morgan fingerprint density at radius 2 is 2.00 bits per heavy atom. The third kappa shape index (κ3) is 4.52. The summed E-state index contributed by atoms with van der Waals surface area (Å²) in [6, 6.07) is 4.26. The highest BCUT2D eigenvalue weighted by Crippen LogP contribution is 2.29. The molecule has 2 aromatic rings. The molecule has 1 aromatic heterocycles. The van der Waals surface area contributed by atoms with Gasteiger partial charge in [-0.05, 0) is 49.8 Å². The van der Waals surface area contributed by atoms with Gasteiger partial charge >= 0.3 is 11.6 Å².